The Morgan fingerprint density at radius 3 is 3.00 bits per heavy atom. The summed E-state index contributed by atoms with van der Waals surface area (Å²) >= 11 is 0. The van der Waals surface area contributed by atoms with Crippen molar-refractivity contribution in [2.75, 3.05) is 13.7 Å². The molecule has 0 fully saturated rings. The molecule has 1 unspecified atom stereocenters. The molecule has 13 heavy (non-hydrogen) atoms. The van der Waals surface area contributed by atoms with Crippen LogP contribution < -0.4 is 10.1 Å². The minimum Gasteiger partial charge on any atom is -0.489 e. The molecule has 0 radical (unpaired) electrons. The Balaban J connectivity index is 2.36. The van der Waals surface area contributed by atoms with E-state index in [0.717, 1.165) is 12.3 Å². The van der Waals surface area contributed by atoms with Gasteiger partial charge in [-0.05, 0) is 20.9 Å². The molecule has 0 bridgehead atoms. The van der Waals surface area contributed by atoms with E-state index in [1.165, 1.54) is 0 Å². The third-order valence-corrected chi connectivity index (χ3v) is 1.93. The number of nitrogens with one attached hydrogen (secondary N) is 1. The second-order valence-corrected chi connectivity index (χ2v) is 3.03. The van der Waals surface area contributed by atoms with E-state index in [-0.39, 0.29) is 0 Å². The molecule has 0 aliphatic carbocycles. The zero-order valence-corrected chi connectivity index (χ0v) is 8.45. The summed E-state index contributed by atoms with van der Waals surface area (Å²) < 4.78 is 7.34. The van der Waals surface area contributed by atoms with Crippen molar-refractivity contribution in [3.05, 3.63) is 12.4 Å². The van der Waals surface area contributed by atoms with Crippen LogP contribution in [0.4, 0.5) is 0 Å². The van der Waals surface area contributed by atoms with Crippen molar-refractivity contribution >= 4 is 0 Å². The number of rotatable bonds is 5. The number of likely N-dealkylation sites (N-methyl/N-ethyl adjacent to an activating group) is 1. The summed E-state index contributed by atoms with van der Waals surface area (Å²) in [6.07, 6.45) is 3.65. The Morgan fingerprint density at radius 2 is 2.46 bits per heavy atom. The number of ether oxygens (including phenoxy) is 1. The summed E-state index contributed by atoms with van der Waals surface area (Å²) in [4.78, 5) is 0. The van der Waals surface area contributed by atoms with Crippen molar-refractivity contribution in [1.82, 2.24) is 15.1 Å². The molecular formula is C9H17N3O. The number of aromatic nitrogens is 2. The Bertz CT molecular complexity index is 247. The molecule has 1 rings (SSSR count). The SMILES string of the molecule is CCn1cc(OCC(C)NC)cn1. The van der Waals surface area contributed by atoms with E-state index in [1.54, 1.807) is 6.20 Å². The lowest BCUT2D eigenvalue weighted by molar-refractivity contribution is 0.279. The van der Waals surface area contributed by atoms with Crippen molar-refractivity contribution in [2.24, 2.45) is 0 Å². The predicted molar refractivity (Wildman–Crippen MR) is 51.9 cm³/mol. The van der Waals surface area contributed by atoms with Gasteiger partial charge >= 0.3 is 0 Å². The standard InChI is InChI=1S/C9H17N3O/c1-4-12-6-9(5-11-12)13-7-8(2)10-3/h5-6,8,10H,4,7H2,1-3H3. The molecule has 0 saturated heterocycles. The maximum atomic E-state index is 5.50. The first-order valence-corrected chi connectivity index (χ1v) is 4.58. The maximum absolute atomic E-state index is 5.50. The van der Waals surface area contributed by atoms with E-state index < -0.39 is 0 Å². The Kier molecular flexibility index (Phi) is 3.76. The molecule has 0 aliphatic rings. The van der Waals surface area contributed by atoms with Crippen molar-refractivity contribution in [2.45, 2.75) is 26.4 Å². The van der Waals surface area contributed by atoms with Gasteiger partial charge in [-0.3, -0.25) is 4.68 Å². The first kappa shape index (κ1) is 10.1. The Hall–Kier alpha value is -1.03. The van der Waals surface area contributed by atoms with Gasteiger partial charge < -0.3 is 10.1 Å². The van der Waals surface area contributed by atoms with Gasteiger partial charge in [0.2, 0.25) is 0 Å². The lowest BCUT2D eigenvalue weighted by Crippen LogP contribution is -2.28. The second kappa shape index (κ2) is 4.87. The van der Waals surface area contributed by atoms with Crippen LogP contribution in [0.25, 0.3) is 0 Å². The molecule has 0 saturated carbocycles. The fourth-order valence-electron chi connectivity index (χ4n) is 0.897. The maximum Gasteiger partial charge on any atom is 0.157 e. The van der Waals surface area contributed by atoms with Gasteiger partial charge in [0, 0.05) is 12.6 Å². The average molecular weight is 183 g/mol. The average Bonchev–Trinajstić information content (AvgIpc) is 2.61. The van der Waals surface area contributed by atoms with Crippen molar-refractivity contribution < 1.29 is 4.74 Å². The molecule has 1 N–H and O–H groups in total. The molecule has 4 nitrogen and oxygen atoms in total. The van der Waals surface area contributed by atoms with Crippen LogP contribution in [0, 0.1) is 0 Å². The lowest BCUT2D eigenvalue weighted by atomic mass is 10.4. The quantitative estimate of drug-likeness (QED) is 0.737. The summed E-state index contributed by atoms with van der Waals surface area (Å²) in [7, 11) is 1.92. The molecule has 0 spiro atoms. The number of nitrogens with zero attached hydrogens (tertiary/aromatic N) is 2. The molecule has 74 valence electrons. The van der Waals surface area contributed by atoms with Gasteiger partial charge in [-0.1, -0.05) is 0 Å². The van der Waals surface area contributed by atoms with Crippen molar-refractivity contribution in [1.29, 1.82) is 0 Å². The van der Waals surface area contributed by atoms with E-state index in [9.17, 15) is 0 Å². The fraction of sp³-hybridized carbons (Fsp3) is 0.667. The molecule has 0 amide bonds. The van der Waals surface area contributed by atoms with Crippen LogP contribution in [0.5, 0.6) is 5.75 Å². The van der Waals surface area contributed by atoms with Crippen LogP contribution in [-0.2, 0) is 6.54 Å². The van der Waals surface area contributed by atoms with Crippen LogP contribution in [0.2, 0.25) is 0 Å². The third kappa shape index (κ3) is 3.06. The largest absolute Gasteiger partial charge is 0.489 e. The molecular weight excluding hydrogens is 166 g/mol. The number of aryl methyl sites for hydroxylation is 1. The zero-order chi connectivity index (χ0) is 9.68. The highest BCUT2D eigenvalue weighted by molar-refractivity contribution is 5.11. The van der Waals surface area contributed by atoms with E-state index in [4.69, 9.17) is 4.74 Å². The topological polar surface area (TPSA) is 39.1 Å². The highest BCUT2D eigenvalue weighted by Crippen LogP contribution is 2.07. The highest BCUT2D eigenvalue weighted by atomic mass is 16.5. The van der Waals surface area contributed by atoms with Crippen LogP contribution in [0.1, 0.15) is 13.8 Å². The van der Waals surface area contributed by atoms with Gasteiger partial charge in [0.25, 0.3) is 0 Å². The van der Waals surface area contributed by atoms with Crippen LogP contribution in [-0.4, -0.2) is 29.5 Å². The first-order chi connectivity index (χ1) is 6.26. The first-order valence-electron chi connectivity index (χ1n) is 4.58. The molecule has 1 atom stereocenters. The van der Waals surface area contributed by atoms with Crippen LogP contribution >= 0.6 is 0 Å². The van der Waals surface area contributed by atoms with Gasteiger partial charge in [-0.2, -0.15) is 5.10 Å². The predicted octanol–water partition coefficient (Wildman–Crippen LogP) is 0.890. The summed E-state index contributed by atoms with van der Waals surface area (Å²) in [6, 6.07) is 0.366. The van der Waals surface area contributed by atoms with E-state index in [2.05, 4.69) is 17.3 Å². The summed E-state index contributed by atoms with van der Waals surface area (Å²) in [5.74, 6) is 0.837. The molecule has 0 aliphatic heterocycles. The number of hydrogen-bond donors (Lipinski definition) is 1. The van der Waals surface area contributed by atoms with E-state index in [1.807, 2.05) is 24.9 Å². The van der Waals surface area contributed by atoms with E-state index >= 15 is 0 Å². The second-order valence-electron chi connectivity index (χ2n) is 3.03. The summed E-state index contributed by atoms with van der Waals surface area (Å²) in [5, 5.41) is 7.21. The minimum atomic E-state index is 0.366. The molecule has 4 heteroatoms. The zero-order valence-electron chi connectivity index (χ0n) is 8.45. The van der Waals surface area contributed by atoms with Gasteiger partial charge in [0.05, 0.1) is 12.4 Å². The number of hydrogen-bond acceptors (Lipinski definition) is 3. The molecule has 1 aromatic rings. The molecule has 0 aromatic carbocycles. The van der Waals surface area contributed by atoms with Gasteiger partial charge in [-0.25, -0.2) is 0 Å². The molecule has 1 aromatic heterocycles. The van der Waals surface area contributed by atoms with Crippen LogP contribution in [0.15, 0.2) is 12.4 Å². The fourth-order valence-corrected chi connectivity index (χ4v) is 0.897. The smallest absolute Gasteiger partial charge is 0.157 e. The van der Waals surface area contributed by atoms with Crippen molar-refractivity contribution in [3.8, 4) is 5.75 Å². The Morgan fingerprint density at radius 1 is 1.69 bits per heavy atom. The minimum absolute atomic E-state index is 0.366. The van der Waals surface area contributed by atoms with Gasteiger partial charge in [0.15, 0.2) is 5.75 Å². The summed E-state index contributed by atoms with van der Waals surface area (Å²) in [5.41, 5.74) is 0. The lowest BCUT2D eigenvalue weighted by Gasteiger charge is -2.09. The third-order valence-electron chi connectivity index (χ3n) is 1.93. The monoisotopic (exact) mass is 183 g/mol. The van der Waals surface area contributed by atoms with Gasteiger partial charge in [0.1, 0.15) is 6.61 Å². The highest BCUT2D eigenvalue weighted by Gasteiger charge is 2.01. The Labute approximate surface area is 78.9 Å². The molecule has 1 heterocycles. The van der Waals surface area contributed by atoms with Crippen LogP contribution in [0.3, 0.4) is 0 Å². The normalized spacial score (nSPS) is 12.8. The van der Waals surface area contributed by atoms with Gasteiger partial charge in [-0.15, -0.1) is 0 Å². The van der Waals surface area contributed by atoms with E-state index in [0.29, 0.717) is 12.6 Å². The van der Waals surface area contributed by atoms with Crippen molar-refractivity contribution in [3.63, 3.8) is 0 Å². The summed E-state index contributed by atoms with van der Waals surface area (Å²) in [6.45, 7) is 5.67.